The highest BCUT2D eigenvalue weighted by atomic mass is 16.6. The van der Waals surface area contributed by atoms with E-state index in [0.717, 1.165) is 5.56 Å². The summed E-state index contributed by atoms with van der Waals surface area (Å²) < 4.78 is 17.1. The molecular formula is C20H16N2O4. The second-order valence-electron chi connectivity index (χ2n) is 5.68. The first-order valence-corrected chi connectivity index (χ1v) is 8.15. The van der Waals surface area contributed by atoms with Crippen molar-refractivity contribution in [2.45, 2.75) is 12.2 Å². The minimum atomic E-state index is -0.874. The molecule has 3 aromatic rings. The fraction of sp³-hybridized carbons (Fsp3) is 0.100. The maximum absolute atomic E-state index is 12.7. The van der Waals surface area contributed by atoms with Crippen molar-refractivity contribution in [1.29, 1.82) is 0 Å². The van der Waals surface area contributed by atoms with Crippen LogP contribution in [0.2, 0.25) is 0 Å². The number of carbonyl (C=O) groups excluding carboxylic acids is 1. The van der Waals surface area contributed by atoms with Gasteiger partial charge in [-0.25, -0.2) is 5.43 Å². The van der Waals surface area contributed by atoms with Crippen LogP contribution in [0.25, 0.3) is 0 Å². The van der Waals surface area contributed by atoms with E-state index in [4.69, 9.17) is 13.9 Å². The molecule has 2 atom stereocenters. The number of hydrogen-bond acceptors (Lipinski definition) is 5. The number of nitrogens with zero attached hydrogens (tertiary/aromatic N) is 1. The number of hydrogen-bond donors (Lipinski definition) is 1. The molecule has 1 N–H and O–H groups in total. The highest BCUT2D eigenvalue weighted by Gasteiger charge is 2.38. The van der Waals surface area contributed by atoms with Gasteiger partial charge in [0.2, 0.25) is 6.10 Å². The van der Waals surface area contributed by atoms with Crippen molar-refractivity contribution in [3.8, 4) is 11.5 Å². The summed E-state index contributed by atoms with van der Waals surface area (Å²) in [5, 5.41) is 3.92. The average molecular weight is 348 g/mol. The topological polar surface area (TPSA) is 73.1 Å². The quantitative estimate of drug-likeness (QED) is 0.580. The molecule has 2 aromatic carbocycles. The Morgan fingerprint density at radius 2 is 1.65 bits per heavy atom. The molecule has 6 nitrogen and oxygen atoms in total. The van der Waals surface area contributed by atoms with Gasteiger partial charge in [-0.15, -0.1) is 0 Å². The van der Waals surface area contributed by atoms with Crippen LogP contribution < -0.4 is 14.9 Å². The van der Waals surface area contributed by atoms with Gasteiger partial charge in [0.1, 0.15) is 5.76 Å². The molecule has 1 aliphatic rings. The lowest BCUT2D eigenvalue weighted by molar-refractivity contribution is -0.134. The van der Waals surface area contributed by atoms with Gasteiger partial charge in [0.25, 0.3) is 5.91 Å². The Morgan fingerprint density at radius 3 is 2.38 bits per heavy atom. The van der Waals surface area contributed by atoms with E-state index in [1.165, 1.54) is 12.5 Å². The van der Waals surface area contributed by atoms with Crippen LogP contribution in [-0.2, 0) is 4.79 Å². The van der Waals surface area contributed by atoms with Crippen LogP contribution in [0.1, 0.15) is 17.4 Å². The molecule has 0 bridgehead atoms. The summed E-state index contributed by atoms with van der Waals surface area (Å²) in [5.41, 5.74) is 3.33. The Labute approximate surface area is 150 Å². The van der Waals surface area contributed by atoms with Gasteiger partial charge in [0.05, 0.1) is 12.5 Å². The number of furan rings is 1. The van der Waals surface area contributed by atoms with Crippen molar-refractivity contribution < 1.29 is 18.7 Å². The molecular weight excluding hydrogens is 332 g/mol. The smallest absolute Gasteiger partial charge is 0.285 e. The lowest BCUT2D eigenvalue weighted by Crippen LogP contribution is -2.44. The van der Waals surface area contributed by atoms with Crippen molar-refractivity contribution in [3.63, 3.8) is 0 Å². The third-order valence-corrected chi connectivity index (χ3v) is 3.93. The van der Waals surface area contributed by atoms with Crippen LogP contribution in [0.5, 0.6) is 11.5 Å². The molecule has 0 spiro atoms. The second kappa shape index (κ2) is 7.14. The standard InChI is InChI=1S/C20H16N2O4/c23-20(22-21-13-15-9-6-12-24-15)19-18(14-7-2-1-3-8-14)25-16-10-4-5-11-17(16)26-19/h1-13,18-19H,(H,22,23)/b21-13+. The number of carbonyl (C=O) groups is 1. The molecule has 26 heavy (non-hydrogen) atoms. The van der Waals surface area contributed by atoms with Crippen molar-refractivity contribution >= 4 is 12.1 Å². The lowest BCUT2D eigenvalue weighted by atomic mass is 10.0. The maximum Gasteiger partial charge on any atom is 0.285 e. The molecule has 0 saturated heterocycles. The van der Waals surface area contributed by atoms with Gasteiger partial charge in [-0.2, -0.15) is 5.10 Å². The fourth-order valence-electron chi connectivity index (χ4n) is 2.71. The monoisotopic (exact) mass is 348 g/mol. The number of ether oxygens (including phenoxy) is 2. The van der Waals surface area contributed by atoms with Crippen molar-refractivity contribution in [2.75, 3.05) is 0 Å². The Bertz CT molecular complexity index is 907. The summed E-state index contributed by atoms with van der Waals surface area (Å²) in [6.45, 7) is 0. The van der Waals surface area contributed by atoms with E-state index in [1.54, 1.807) is 18.2 Å². The summed E-state index contributed by atoms with van der Waals surface area (Å²) in [7, 11) is 0. The maximum atomic E-state index is 12.7. The molecule has 4 rings (SSSR count). The number of nitrogens with one attached hydrogen (secondary N) is 1. The summed E-state index contributed by atoms with van der Waals surface area (Å²) in [5.74, 6) is 1.26. The highest BCUT2D eigenvalue weighted by Crippen LogP contribution is 2.39. The van der Waals surface area contributed by atoms with Crippen molar-refractivity contribution in [3.05, 3.63) is 84.3 Å². The van der Waals surface area contributed by atoms with E-state index < -0.39 is 18.1 Å². The van der Waals surface area contributed by atoms with Gasteiger partial charge < -0.3 is 13.9 Å². The molecule has 2 heterocycles. The van der Waals surface area contributed by atoms with Gasteiger partial charge in [-0.05, 0) is 29.8 Å². The number of hydrazone groups is 1. The summed E-state index contributed by atoms with van der Waals surface area (Å²) in [6.07, 6.45) is 1.50. The Balaban J connectivity index is 1.57. The first-order valence-electron chi connectivity index (χ1n) is 8.15. The van der Waals surface area contributed by atoms with Crippen molar-refractivity contribution in [2.24, 2.45) is 5.10 Å². The van der Waals surface area contributed by atoms with Crippen LogP contribution in [0, 0.1) is 0 Å². The van der Waals surface area contributed by atoms with Gasteiger partial charge in [0, 0.05) is 0 Å². The predicted molar refractivity (Wildman–Crippen MR) is 95.1 cm³/mol. The number of amides is 1. The Kier molecular flexibility index (Phi) is 4.38. The van der Waals surface area contributed by atoms with E-state index in [1.807, 2.05) is 48.5 Å². The van der Waals surface area contributed by atoms with E-state index in [-0.39, 0.29) is 0 Å². The SMILES string of the molecule is O=C(N/N=C/c1ccco1)C1Oc2ccccc2OC1c1ccccc1. The molecule has 0 saturated carbocycles. The molecule has 0 fully saturated rings. The Morgan fingerprint density at radius 1 is 0.923 bits per heavy atom. The second-order valence-corrected chi connectivity index (χ2v) is 5.68. The first kappa shape index (κ1) is 16.0. The van der Waals surface area contributed by atoms with Gasteiger partial charge >= 0.3 is 0 Å². The summed E-state index contributed by atoms with van der Waals surface area (Å²) in [4.78, 5) is 12.7. The molecule has 0 aliphatic carbocycles. The number of para-hydroxylation sites is 2. The zero-order valence-corrected chi connectivity index (χ0v) is 13.7. The van der Waals surface area contributed by atoms with Gasteiger partial charge in [-0.3, -0.25) is 4.79 Å². The number of fused-ring (bicyclic) bond motifs is 1. The van der Waals surface area contributed by atoms with E-state index >= 15 is 0 Å². The minimum absolute atomic E-state index is 0.406. The normalized spacial score (nSPS) is 18.6. The van der Waals surface area contributed by atoms with Crippen LogP contribution in [0.3, 0.4) is 0 Å². The van der Waals surface area contributed by atoms with E-state index in [0.29, 0.717) is 17.3 Å². The molecule has 2 unspecified atom stereocenters. The largest absolute Gasteiger partial charge is 0.477 e. The molecule has 0 radical (unpaired) electrons. The molecule has 6 heteroatoms. The number of benzene rings is 2. The van der Waals surface area contributed by atoms with Crippen LogP contribution in [0.4, 0.5) is 0 Å². The van der Waals surface area contributed by atoms with Gasteiger partial charge in [0.15, 0.2) is 17.6 Å². The van der Waals surface area contributed by atoms with Crippen LogP contribution in [-0.4, -0.2) is 18.2 Å². The minimum Gasteiger partial charge on any atom is -0.477 e. The van der Waals surface area contributed by atoms with Gasteiger partial charge in [-0.1, -0.05) is 42.5 Å². The third-order valence-electron chi connectivity index (χ3n) is 3.93. The molecule has 1 aliphatic heterocycles. The van der Waals surface area contributed by atoms with Crippen molar-refractivity contribution in [1.82, 2.24) is 5.43 Å². The van der Waals surface area contributed by atoms with Crippen LogP contribution in [0.15, 0.2) is 82.5 Å². The molecule has 130 valence electrons. The molecule has 1 aromatic heterocycles. The fourth-order valence-corrected chi connectivity index (χ4v) is 2.71. The Hall–Kier alpha value is -3.54. The van der Waals surface area contributed by atoms with E-state index in [9.17, 15) is 4.79 Å². The van der Waals surface area contributed by atoms with E-state index in [2.05, 4.69) is 10.5 Å². The highest BCUT2D eigenvalue weighted by molar-refractivity contribution is 5.84. The zero-order valence-electron chi connectivity index (χ0n) is 13.7. The molecule has 1 amide bonds. The first-order chi connectivity index (χ1) is 12.8. The lowest BCUT2D eigenvalue weighted by Gasteiger charge is -2.32. The number of rotatable bonds is 4. The summed E-state index contributed by atoms with van der Waals surface area (Å²) in [6, 6.07) is 20.2. The average Bonchev–Trinajstić information content (AvgIpc) is 3.21. The predicted octanol–water partition coefficient (Wildman–Crippen LogP) is 3.31. The third kappa shape index (κ3) is 3.30. The van der Waals surface area contributed by atoms with Crippen LogP contribution >= 0.6 is 0 Å². The zero-order chi connectivity index (χ0) is 17.8. The summed E-state index contributed by atoms with van der Waals surface area (Å²) >= 11 is 0.